The molecule has 0 radical (unpaired) electrons. The smallest absolute Gasteiger partial charge is 0.0440 e. The van der Waals surface area contributed by atoms with E-state index < -0.39 is 0 Å². The van der Waals surface area contributed by atoms with Crippen molar-refractivity contribution in [1.82, 2.24) is 5.43 Å². The molecule has 2 heteroatoms. The van der Waals surface area contributed by atoms with E-state index in [9.17, 15) is 0 Å². The first kappa shape index (κ1) is 11.5. The standard InChI is InChI=1S/C12H24N2/c1-10(2)9-11(3)13-14-12-7-5-4-6-8-12/h10,12,14H,4-9H2,1-3H3. The maximum Gasteiger partial charge on any atom is 0.0440 e. The van der Waals surface area contributed by atoms with Crippen LogP contribution in [0, 0.1) is 5.92 Å². The minimum atomic E-state index is 0.644. The summed E-state index contributed by atoms with van der Waals surface area (Å²) in [4.78, 5) is 0. The molecule has 0 unspecified atom stereocenters. The molecule has 2 nitrogen and oxygen atoms in total. The molecule has 0 spiro atoms. The van der Waals surface area contributed by atoms with E-state index in [0.29, 0.717) is 12.0 Å². The highest BCUT2D eigenvalue weighted by Gasteiger charge is 2.11. The predicted molar refractivity (Wildman–Crippen MR) is 62.6 cm³/mol. The van der Waals surface area contributed by atoms with Gasteiger partial charge in [-0.05, 0) is 32.1 Å². The van der Waals surface area contributed by atoms with Gasteiger partial charge in [0.15, 0.2) is 0 Å². The van der Waals surface area contributed by atoms with Crippen molar-refractivity contribution in [3.63, 3.8) is 0 Å². The fourth-order valence-corrected chi connectivity index (χ4v) is 2.07. The first-order valence-corrected chi connectivity index (χ1v) is 5.97. The van der Waals surface area contributed by atoms with Gasteiger partial charge in [0.1, 0.15) is 0 Å². The minimum Gasteiger partial charge on any atom is -0.307 e. The number of nitrogens with one attached hydrogen (secondary N) is 1. The molecule has 1 aliphatic rings. The first-order chi connectivity index (χ1) is 6.68. The second kappa shape index (κ2) is 6.05. The van der Waals surface area contributed by atoms with Gasteiger partial charge in [0.2, 0.25) is 0 Å². The Morgan fingerprint density at radius 2 is 1.93 bits per heavy atom. The summed E-state index contributed by atoms with van der Waals surface area (Å²) in [6.07, 6.45) is 7.87. The molecule has 82 valence electrons. The van der Waals surface area contributed by atoms with Crippen molar-refractivity contribution >= 4 is 5.71 Å². The van der Waals surface area contributed by atoms with Crippen molar-refractivity contribution in [3.05, 3.63) is 0 Å². The minimum absolute atomic E-state index is 0.644. The zero-order valence-electron chi connectivity index (χ0n) is 9.84. The van der Waals surface area contributed by atoms with Crippen LogP contribution in [0.3, 0.4) is 0 Å². The third kappa shape index (κ3) is 4.64. The predicted octanol–water partition coefficient (Wildman–Crippen LogP) is 3.33. The molecule has 1 aliphatic carbocycles. The molecular formula is C12H24N2. The van der Waals surface area contributed by atoms with Crippen LogP contribution in [0.5, 0.6) is 0 Å². The summed E-state index contributed by atoms with van der Waals surface area (Å²) in [5, 5.41) is 4.45. The van der Waals surface area contributed by atoms with Gasteiger partial charge in [-0.2, -0.15) is 5.10 Å². The summed E-state index contributed by atoms with van der Waals surface area (Å²) in [6, 6.07) is 0.644. The average molecular weight is 196 g/mol. The van der Waals surface area contributed by atoms with Crippen LogP contribution in [0.15, 0.2) is 5.10 Å². The van der Waals surface area contributed by atoms with Crippen LogP contribution >= 0.6 is 0 Å². The SMILES string of the molecule is CC(CC(C)C)=NNC1CCCCC1. The Labute approximate surface area is 88.2 Å². The Morgan fingerprint density at radius 1 is 1.29 bits per heavy atom. The van der Waals surface area contributed by atoms with E-state index in [1.165, 1.54) is 37.8 Å². The van der Waals surface area contributed by atoms with Crippen LogP contribution < -0.4 is 5.43 Å². The van der Waals surface area contributed by atoms with Gasteiger partial charge >= 0.3 is 0 Å². The molecule has 0 bridgehead atoms. The van der Waals surface area contributed by atoms with Gasteiger partial charge in [-0.1, -0.05) is 33.1 Å². The highest BCUT2D eigenvalue weighted by molar-refractivity contribution is 5.81. The van der Waals surface area contributed by atoms with E-state index in [1.807, 2.05) is 0 Å². The lowest BCUT2D eigenvalue weighted by atomic mass is 9.96. The van der Waals surface area contributed by atoms with Crippen LogP contribution in [-0.4, -0.2) is 11.8 Å². The second-order valence-electron chi connectivity index (χ2n) is 4.91. The average Bonchev–Trinajstić information content (AvgIpc) is 2.15. The van der Waals surface area contributed by atoms with E-state index in [0.717, 1.165) is 6.42 Å². The Bertz CT molecular complexity index is 179. The fourth-order valence-electron chi connectivity index (χ4n) is 2.07. The summed E-state index contributed by atoms with van der Waals surface area (Å²) in [5.41, 5.74) is 4.56. The molecule has 1 N–H and O–H groups in total. The van der Waals surface area contributed by atoms with Gasteiger partial charge in [0.05, 0.1) is 0 Å². The van der Waals surface area contributed by atoms with Crippen LogP contribution in [0.25, 0.3) is 0 Å². The van der Waals surface area contributed by atoms with Crippen molar-refractivity contribution in [2.24, 2.45) is 11.0 Å². The maximum absolute atomic E-state index is 4.45. The second-order valence-corrected chi connectivity index (χ2v) is 4.91. The van der Waals surface area contributed by atoms with Crippen molar-refractivity contribution in [3.8, 4) is 0 Å². The molecule has 0 aromatic rings. The molecular weight excluding hydrogens is 172 g/mol. The largest absolute Gasteiger partial charge is 0.307 e. The number of hydrogen-bond acceptors (Lipinski definition) is 2. The van der Waals surface area contributed by atoms with Gasteiger partial charge in [0, 0.05) is 11.8 Å². The molecule has 0 aromatic heterocycles. The number of rotatable bonds is 4. The third-order valence-corrected chi connectivity index (χ3v) is 2.75. The molecule has 1 fully saturated rings. The topological polar surface area (TPSA) is 24.4 Å². The molecule has 14 heavy (non-hydrogen) atoms. The quantitative estimate of drug-likeness (QED) is 0.541. The summed E-state index contributed by atoms with van der Waals surface area (Å²) >= 11 is 0. The Hall–Kier alpha value is -0.530. The summed E-state index contributed by atoms with van der Waals surface area (Å²) in [7, 11) is 0. The maximum atomic E-state index is 4.45. The zero-order valence-corrected chi connectivity index (χ0v) is 9.84. The van der Waals surface area contributed by atoms with Crippen molar-refractivity contribution in [2.75, 3.05) is 0 Å². The summed E-state index contributed by atoms with van der Waals surface area (Å²) in [5.74, 6) is 0.715. The number of nitrogens with zero attached hydrogens (tertiary/aromatic N) is 1. The van der Waals surface area contributed by atoms with Gasteiger partial charge in [-0.3, -0.25) is 0 Å². The Balaban J connectivity index is 2.22. The zero-order chi connectivity index (χ0) is 10.4. The lowest BCUT2D eigenvalue weighted by Gasteiger charge is -2.21. The van der Waals surface area contributed by atoms with E-state index in [-0.39, 0.29) is 0 Å². The van der Waals surface area contributed by atoms with Crippen LogP contribution in [0.2, 0.25) is 0 Å². The van der Waals surface area contributed by atoms with Crippen molar-refractivity contribution in [2.45, 2.75) is 65.3 Å². The van der Waals surface area contributed by atoms with E-state index in [1.54, 1.807) is 0 Å². The normalized spacial score (nSPS) is 20.1. The van der Waals surface area contributed by atoms with Gasteiger partial charge in [0.25, 0.3) is 0 Å². The first-order valence-electron chi connectivity index (χ1n) is 5.97. The molecule has 0 heterocycles. The van der Waals surface area contributed by atoms with Crippen molar-refractivity contribution < 1.29 is 0 Å². The van der Waals surface area contributed by atoms with Crippen molar-refractivity contribution in [1.29, 1.82) is 0 Å². The lowest BCUT2D eigenvalue weighted by Crippen LogP contribution is -2.27. The number of hydrazone groups is 1. The molecule has 0 aliphatic heterocycles. The van der Waals surface area contributed by atoms with Crippen LogP contribution in [-0.2, 0) is 0 Å². The Morgan fingerprint density at radius 3 is 2.50 bits per heavy atom. The molecule has 0 amide bonds. The van der Waals surface area contributed by atoms with E-state index in [4.69, 9.17) is 0 Å². The molecule has 0 atom stereocenters. The monoisotopic (exact) mass is 196 g/mol. The van der Waals surface area contributed by atoms with Gasteiger partial charge in [-0.25, -0.2) is 0 Å². The Kier molecular flexibility index (Phi) is 4.99. The highest BCUT2D eigenvalue weighted by atomic mass is 15.3. The molecule has 1 rings (SSSR count). The van der Waals surface area contributed by atoms with Gasteiger partial charge in [-0.15, -0.1) is 0 Å². The van der Waals surface area contributed by atoms with Crippen LogP contribution in [0.1, 0.15) is 59.3 Å². The van der Waals surface area contributed by atoms with Crippen LogP contribution in [0.4, 0.5) is 0 Å². The fraction of sp³-hybridized carbons (Fsp3) is 0.917. The molecule has 0 saturated heterocycles. The molecule has 1 saturated carbocycles. The summed E-state index contributed by atoms with van der Waals surface area (Å²) in [6.45, 7) is 6.59. The van der Waals surface area contributed by atoms with E-state index >= 15 is 0 Å². The lowest BCUT2D eigenvalue weighted by molar-refractivity contribution is 0.380. The van der Waals surface area contributed by atoms with E-state index in [2.05, 4.69) is 31.3 Å². The highest BCUT2D eigenvalue weighted by Crippen LogP contribution is 2.17. The number of hydrogen-bond donors (Lipinski definition) is 1. The summed E-state index contributed by atoms with van der Waals surface area (Å²) < 4.78 is 0. The third-order valence-electron chi connectivity index (χ3n) is 2.75. The van der Waals surface area contributed by atoms with Gasteiger partial charge < -0.3 is 5.43 Å². The molecule has 0 aromatic carbocycles.